The molecule has 1 heterocycles. The van der Waals surface area contributed by atoms with Crippen LogP contribution < -0.4 is 16.0 Å². The number of hydrogen-bond acceptors (Lipinski definition) is 6. The third-order valence-corrected chi connectivity index (χ3v) is 4.20. The van der Waals surface area contributed by atoms with Crippen LogP contribution in [-0.4, -0.2) is 13.4 Å². The molecule has 0 aliphatic rings. The van der Waals surface area contributed by atoms with Crippen molar-refractivity contribution in [3.8, 4) is 6.07 Å². The molecule has 21 heavy (non-hydrogen) atoms. The van der Waals surface area contributed by atoms with Crippen molar-refractivity contribution in [1.82, 2.24) is 4.98 Å². The van der Waals surface area contributed by atoms with Crippen molar-refractivity contribution in [2.24, 2.45) is 5.84 Å². The van der Waals surface area contributed by atoms with Crippen LogP contribution in [0.15, 0.2) is 41.4 Å². The second kappa shape index (κ2) is 5.97. The maximum atomic E-state index is 12.2. The molecule has 1 aromatic heterocycles. The number of nitrogens with zero attached hydrogens (tertiary/aromatic N) is 2. The second-order valence-electron chi connectivity index (χ2n) is 3.94. The summed E-state index contributed by atoms with van der Waals surface area (Å²) in [6.45, 7) is 0. The molecule has 2 aromatic rings. The number of anilines is 2. The second-order valence-corrected chi connectivity index (χ2v) is 6.03. The van der Waals surface area contributed by atoms with E-state index < -0.39 is 10.0 Å². The Hall–Kier alpha value is -2.34. The van der Waals surface area contributed by atoms with Gasteiger partial charge in [-0.1, -0.05) is 11.6 Å². The van der Waals surface area contributed by atoms with Crippen LogP contribution in [0.25, 0.3) is 0 Å². The Labute approximate surface area is 126 Å². The van der Waals surface area contributed by atoms with Gasteiger partial charge in [0.25, 0.3) is 10.0 Å². The molecule has 0 spiro atoms. The smallest absolute Gasteiger partial charge is 0.263 e. The van der Waals surface area contributed by atoms with E-state index in [9.17, 15) is 8.42 Å². The van der Waals surface area contributed by atoms with E-state index in [1.54, 1.807) is 0 Å². The molecule has 0 fully saturated rings. The van der Waals surface area contributed by atoms with E-state index in [1.165, 1.54) is 30.3 Å². The van der Waals surface area contributed by atoms with E-state index in [4.69, 9.17) is 22.7 Å². The maximum absolute atomic E-state index is 12.2. The Bertz CT molecular complexity index is 799. The largest absolute Gasteiger partial charge is 0.308 e. The summed E-state index contributed by atoms with van der Waals surface area (Å²) >= 11 is 5.93. The fourth-order valence-electron chi connectivity index (χ4n) is 1.50. The molecule has 0 bridgehead atoms. The maximum Gasteiger partial charge on any atom is 0.263 e. The molecule has 0 saturated carbocycles. The highest BCUT2D eigenvalue weighted by atomic mass is 35.5. The number of hydrogen-bond donors (Lipinski definition) is 3. The van der Waals surface area contributed by atoms with Gasteiger partial charge in [-0.2, -0.15) is 5.26 Å². The lowest BCUT2D eigenvalue weighted by molar-refractivity contribution is 0.601. The number of sulfonamides is 1. The number of benzene rings is 1. The molecule has 7 nitrogen and oxygen atoms in total. The van der Waals surface area contributed by atoms with E-state index in [1.807, 2.05) is 6.07 Å². The number of nitrogens with one attached hydrogen (secondary N) is 2. The molecule has 0 saturated heterocycles. The van der Waals surface area contributed by atoms with Gasteiger partial charge >= 0.3 is 0 Å². The van der Waals surface area contributed by atoms with Crippen molar-refractivity contribution < 1.29 is 8.42 Å². The quantitative estimate of drug-likeness (QED) is 0.581. The van der Waals surface area contributed by atoms with Crippen molar-refractivity contribution in [1.29, 1.82) is 5.26 Å². The predicted molar refractivity (Wildman–Crippen MR) is 79.0 cm³/mol. The Kier molecular flexibility index (Phi) is 4.28. The minimum absolute atomic E-state index is 0.0399. The zero-order valence-corrected chi connectivity index (χ0v) is 12.1. The summed E-state index contributed by atoms with van der Waals surface area (Å²) in [5.41, 5.74) is 2.81. The first-order chi connectivity index (χ1) is 9.96. The van der Waals surface area contributed by atoms with Gasteiger partial charge in [0.2, 0.25) is 0 Å². The number of pyridine rings is 1. The summed E-state index contributed by atoms with van der Waals surface area (Å²) < 4.78 is 26.7. The van der Waals surface area contributed by atoms with Crippen LogP contribution >= 0.6 is 11.6 Å². The number of nitriles is 1. The van der Waals surface area contributed by atoms with Crippen molar-refractivity contribution >= 4 is 33.1 Å². The topological polar surface area (TPSA) is 121 Å². The average Bonchev–Trinajstić information content (AvgIpc) is 2.49. The Morgan fingerprint density at radius 1 is 1.29 bits per heavy atom. The Balaban J connectivity index is 2.30. The van der Waals surface area contributed by atoms with Gasteiger partial charge in [0, 0.05) is 6.20 Å². The highest BCUT2D eigenvalue weighted by molar-refractivity contribution is 7.92. The molecule has 4 N–H and O–H groups in total. The minimum atomic E-state index is -3.83. The van der Waals surface area contributed by atoms with Crippen LogP contribution in [0.5, 0.6) is 0 Å². The van der Waals surface area contributed by atoms with Crippen molar-refractivity contribution in [2.45, 2.75) is 4.90 Å². The molecular formula is C12H10ClN5O2S. The van der Waals surface area contributed by atoms with Crippen LogP contribution in [0.1, 0.15) is 5.56 Å². The van der Waals surface area contributed by atoms with Gasteiger partial charge in [-0.05, 0) is 30.3 Å². The number of rotatable bonds is 4. The molecule has 108 valence electrons. The SMILES string of the molecule is N#Cc1ccc(NS(=O)(=O)c2ccc(NN)nc2)c(Cl)c1. The van der Waals surface area contributed by atoms with Crippen LogP contribution in [0.3, 0.4) is 0 Å². The summed E-state index contributed by atoms with van der Waals surface area (Å²) in [6.07, 6.45) is 1.16. The third kappa shape index (κ3) is 3.41. The van der Waals surface area contributed by atoms with Gasteiger partial charge in [0.1, 0.15) is 10.7 Å². The number of aromatic nitrogens is 1. The lowest BCUT2D eigenvalue weighted by atomic mass is 10.2. The number of nitrogens with two attached hydrogens (primary N) is 1. The highest BCUT2D eigenvalue weighted by Gasteiger charge is 2.16. The standard InChI is InChI=1S/C12H10ClN5O2S/c13-10-5-8(6-14)1-3-11(10)18-21(19,20)9-2-4-12(17-15)16-7-9/h1-5,7,18H,15H2,(H,16,17). The summed E-state index contributed by atoms with van der Waals surface area (Å²) in [5, 5.41) is 8.87. The molecule has 9 heteroatoms. The van der Waals surface area contributed by atoms with Crippen molar-refractivity contribution in [3.63, 3.8) is 0 Å². The normalized spacial score (nSPS) is 10.7. The van der Waals surface area contributed by atoms with E-state index in [0.717, 1.165) is 6.20 Å². The van der Waals surface area contributed by atoms with Gasteiger partial charge in [-0.3, -0.25) is 4.72 Å². The summed E-state index contributed by atoms with van der Waals surface area (Å²) in [5.74, 6) is 5.50. The summed E-state index contributed by atoms with van der Waals surface area (Å²) in [4.78, 5) is 3.78. The van der Waals surface area contributed by atoms with Crippen LogP contribution in [0, 0.1) is 11.3 Å². The Morgan fingerprint density at radius 2 is 2.05 bits per heavy atom. The molecule has 0 radical (unpaired) electrons. The van der Waals surface area contributed by atoms with Gasteiger partial charge in [0.05, 0.1) is 22.3 Å². The molecule has 0 aliphatic carbocycles. The van der Waals surface area contributed by atoms with Crippen LogP contribution in [0.2, 0.25) is 5.02 Å². The molecule has 0 aliphatic heterocycles. The van der Waals surface area contributed by atoms with E-state index in [0.29, 0.717) is 11.4 Å². The van der Waals surface area contributed by atoms with Crippen LogP contribution in [0.4, 0.5) is 11.5 Å². The lowest BCUT2D eigenvalue weighted by Gasteiger charge is -2.10. The minimum Gasteiger partial charge on any atom is -0.308 e. The lowest BCUT2D eigenvalue weighted by Crippen LogP contribution is -2.14. The number of hydrazine groups is 1. The average molecular weight is 324 g/mol. The first kappa shape index (κ1) is 15.1. The molecule has 0 atom stereocenters. The van der Waals surface area contributed by atoms with Gasteiger partial charge in [-0.25, -0.2) is 19.2 Å². The fraction of sp³-hybridized carbons (Fsp3) is 0. The fourth-order valence-corrected chi connectivity index (χ4v) is 2.80. The molecule has 0 amide bonds. The number of halogens is 1. The monoisotopic (exact) mass is 323 g/mol. The summed E-state index contributed by atoms with van der Waals surface area (Å²) in [6, 6.07) is 8.94. The molecule has 0 unspecified atom stereocenters. The van der Waals surface area contributed by atoms with Crippen molar-refractivity contribution in [2.75, 3.05) is 10.1 Å². The molecule has 2 rings (SSSR count). The zero-order valence-electron chi connectivity index (χ0n) is 10.5. The molecular weight excluding hydrogens is 314 g/mol. The van der Waals surface area contributed by atoms with Crippen molar-refractivity contribution in [3.05, 3.63) is 47.1 Å². The van der Waals surface area contributed by atoms with Gasteiger partial charge < -0.3 is 5.43 Å². The van der Waals surface area contributed by atoms with E-state index >= 15 is 0 Å². The van der Waals surface area contributed by atoms with Gasteiger partial charge in [0.15, 0.2) is 0 Å². The molecule has 1 aromatic carbocycles. The zero-order chi connectivity index (χ0) is 15.5. The first-order valence-electron chi connectivity index (χ1n) is 5.61. The highest BCUT2D eigenvalue weighted by Crippen LogP contribution is 2.25. The summed E-state index contributed by atoms with van der Waals surface area (Å²) in [7, 11) is -3.83. The first-order valence-corrected chi connectivity index (χ1v) is 7.47. The Morgan fingerprint density at radius 3 is 2.57 bits per heavy atom. The number of nitrogen functional groups attached to an aromatic ring is 1. The van der Waals surface area contributed by atoms with Gasteiger partial charge in [-0.15, -0.1) is 0 Å². The van der Waals surface area contributed by atoms with Crippen LogP contribution in [-0.2, 0) is 10.0 Å². The predicted octanol–water partition coefficient (Wildman–Crippen LogP) is 1.69. The van der Waals surface area contributed by atoms with E-state index in [-0.39, 0.29) is 15.6 Å². The van der Waals surface area contributed by atoms with E-state index in [2.05, 4.69) is 15.1 Å². The third-order valence-electron chi connectivity index (χ3n) is 2.54.